The summed E-state index contributed by atoms with van der Waals surface area (Å²) < 4.78 is 31.1. The number of benzene rings is 1. The number of aryl methyl sites for hydroxylation is 1. The van der Waals surface area contributed by atoms with E-state index in [0.29, 0.717) is 0 Å². The average molecular weight is 267 g/mol. The number of ether oxygens (including phenoxy) is 1. The van der Waals surface area contributed by atoms with E-state index in [-0.39, 0.29) is 28.8 Å². The number of aromatic hydroxyl groups is 1. The summed E-state index contributed by atoms with van der Waals surface area (Å²) in [6, 6.07) is 1.67. The van der Waals surface area contributed by atoms with E-state index in [1.807, 2.05) is 0 Å². The fraction of sp³-hybridized carbons (Fsp3) is 0.231. The molecule has 0 aliphatic heterocycles. The van der Waals surface area contributed by atoms with Gasteiger partial charge in [-0.15, -0.1) is 0 Å². The predicted octanol–water partition coefficient (Wildman–Crippen LogP) is 2.70. The predicted molar refractivity (Wildman–Crippen MR) is 64.0 cm³/mol. The van der Waals surface area contributed by atoms with Gasteiger partial charge < -0.3 is 9.84 Å². The van der Waals surface area contributed by atoms with Gasteiger partial charge in [0.05, 0.1) is 17.8 Å². The first kappa shape index (κ1) is 13.2. The number of nitrogens with zero attached hydrogens (tertiary/aromatic N) is 1. The van der Waals surface area contributed by atoms with Crippen LogP contribution >= 0.6 is 0 Å². The van der Waals surface area contributed by atoms with Gasteiger partial charge in [-0.25, -0.2) is 13.6 Å². The maximum Gasteiger partial charge on any atom is 0.343 e. The SMILES string of the molecule is CCOC(=O)c1c(C)nc2cc(F)c(F)cc2c1O. The van der Waals surface area contributed by atoms with Gasteiger partial charge in [-0.2, -0.15) is 0 Å². The van der Waals surface area contributed by atoms with E-state index in [1.54, 1.807) is 6.92 Å². The molecule has 0 radical (unpaired) electrons. The highest BCUT2D eigenvalue weighted by atomic mass is 19.2. The monoisotopic (exact) mass is 267 g/mol. The molecule has 1 N–H and O–H groups in total. The van der Waals surface area contributed by atoms with Gasteiger partial charge in [-0.1, -0.05) is 0 Å². The van der Waals surface area contributed by atoms with E-state index in [0.717, 1.165) is 12.1 Å². The molecule has 0 saturated carbocycles. The first-order valence-electron chi connectivity index (χ1n) is 5.61. The van der Waals surface area contributed by atoms with E-state index in [1.165, 1.54) is 6.92 Å². The highest BCUT2D eigenvalue weighted by Crippen LogP contribution is 2.31. The summed E-state index contributed by atoms with van der Waals surface area (Å²) in [4.78, 5) is 15.7. The van der Waals surface area contributed by atoms with Crippen LogP contribution in [0.2, 0.25) is 0 Å². The third-order valence-corrected chi connectivity index (χ3v) is 2.66. The molecular weight excluding hydrogens is 256 g/mol. The van der Waals surface area contributed by atoms with Gasteiger partial charge in [0.15, 0.2) is 11.6 Å². The van der Waals surface area contributed by atoms with Crippen molar-refractivity contribution in [3.8, 4) is 5.75 Å². The third-order valence-electron chi connectivity index (χ3n) is 2.66. The Hall–Kier alpha value is -2.24. The summed E-state index contributed by atoms with van der Waals surface area (Å²) in [5.74, 6) is -3.40. The van der Waals surface area contributed by atoms with Gasteiger partial charge in [0.2, 0.25) is 0 Å². The maximum absolute atomic E-state index is 13.2. The second kappa shape index (κ2) is 4.79. The summed E-state index contributed by atoms with van der Waals surface area (Å²) in [5, 5.41) is 9.98. The second-order valence-electron chi connectivity index (χ2n) is 3.92. The van der Waals surface area contributed by atoms with Crippen LogP contribution in [0.1, 0.15) is 23.0 Å². The van der Waals surface area contributed by atoms with Gasteiger partial charge in [0.1, 0.15) is 11.3 Å². The highest BCUT2D eigenvalue weighted by Gasteiger charge is 2.21. The molecule has 0 aliphatic rings. The van der Waals surface area contributed by atoms with Crippen LogP contribution in [0.25, 0.3) is 10.9 Å². The Balaban J connectivity index is 2.74. The van der Waals surface area contributed by atoms with Gasteiger partial charge >= 0.3 is 5.97 Å². The zero-order valence-corrected chi connectivity index (χ0v) is 10.3. The van der Waals surface area contributed by atoms with Crippen molar-refractivity contribution in [2.45, 2.75) is 13.8 Å². The molecule has 0 unspecified atom stereocenters. The smallest absolute Gasteiger partial charge is 0.343 e. The molecule has 0 amide bonds. The minimum atomic E-state index is -1.12. The van der Waals surface area contributed by atoms with Crippen LogP contribution in [-0.2, 0) is 4.74 Å². The number of carbonyl (C=O) groups excluding carboxylic acids is 1. The zero-order valence-electron chi connectivity index (χ0n) is 10.3. The Morgan fingerprint density at radius 1 is 1.37 bits per heavy atom. The maximum atomic E-state index is 13.2. The lowest BCUT2D eigenvalue weighted by Gasteiger charge is -2.10. The number of halogens is 2. The van der Waals surface area contributed by atoms with Gasteiger partial charge in [-0.05, 0) is 19.9 Å². The Kier molecular flexibility index (Phi) is 3.33. The van der Waals surface area contributed by atoms with Crippen LogP contribution in [0.4, 0.5) is 8.78 Å². The van der Waals surface area contributed by atoms with Crippen molar-refractivity contribution in [1.29, 1.82) is 0 Å². The normalized spacial score (nSPS) is 10.7. The standard InChI is InChI=1S/C13H11F2NO3/c1-3-19-13(18)11-6(2)16-10-5-9(15)8(14)4-7(10)12(11)17/h4-5H,3H2,1-2H3,(H,16,17). The molecule has 1 aromatic heterocycles. The number of hydrogen-bond donors (Lipinski definition) is 1. The summed E-state index contributed by atoms with van der Waals surface area (Å²) in [7, 11) is 0. The number of hydrogen-bond acceptors (Lipinski definition) is 4. The molecule has 1 aromatic carbocycles. The van der Waals surface area contributed by atoms with Gasteiger partial charge in [-0.3, -0.25) is 4.98 Å². The van der Waals surface area contributed by atoms with Crippen LogP contribution in [0.3, 0.4) is 0 Å². The molecule has 1 heterocycles. The topological polar surface area (TPSA) is 59.4 Å². The molecule has 2 aromatic rings. The number of carbonyl (C=O) groups is 1. The molecule has 0 bridgehead atoms. The second-order valence-corrected chi connectivity index (χ2v) is 3.92. The fourth-order valence-electron chi connectivity index (χ4n) is 1.81. The zero-order chi connectivity index (χ0) is 14.2. The van der Waals surface area contributed by atoms with Crippen LogP contribution in [0, 0.1) is 18.6 Å². The molecule has 0 spiro atoms. The van der Waals surface area contributed by atoms with Crippen LogP contribution in [-0.4, -0.2) is 22.7 Å². The minimum absolute atomic E-state index is 0.0347. The van der Waals surface area contributed by atoms with E-state index >= 15 is 0 Å². The van der Waals surface area contributed by atoms with Crippen molar-refractivity contribution < 1.29 is 23.4 Å². The van der Waals surface area contributed by atoms with Crippen LogP contribution in [0.5, 0.6) is 5.75 Å². The number of pyridine rings is 1. The third kappa shape index (κ3) is 2.21. The van der Waals surface area contributed by atoms with Crippen molar-refractivity contribution in [1.82, 2.24) is 4.98 Å². The molecule has 0 atom stereocenters. The van der Waals surface area contributed by atoms with Crippen molar-refractivity contribution in [2.24, 2.45) is 0 Å². The minimum Gasteiger partial charge on any atom is -0.506 e. The number of rotatable bonds is 2. The van der Waals surface area contributed by atoms with E-state index < -0.39 is 23.4 Å². The van der Waals surface area contributed by atoms with Crippen molar-refractivity contribution >= 4 is 16.9 Å². The molecule has 0 aliphatic carbocycles. The Bertz CT molecular complexity index is 671. The van der Waals surface area contributed by atoms with Crippen molar-refractivity contribution in [3.05, 3.63) is 35.0 Å². The fourth-order valence-corrected chi connectivity index (χ4v) is 1.81. The summed E-state index contributed by atoms with van der Waals surface area (Å²) in [6.07, 6.45) is 0. The van der Waals surface area contributed by atoms with E-state index in [2.05, 4.69) is 4.98 Å². The largest absolute Gasteiger partial charge is 0.506 e. The molecule has 2 rings (SSSR count). The first-order chi connectivity index (χ1) is 8.95. The van der Waals surface area contributed by atoms with Crippen molar-refractivity contribution in [2.75, 3.05) is 6.61 Å². The quantitative estimate of drug-likeness (QED) is 0.850. The lowest BCUT2D eigenvalue weighted by atomic mass is 10.1. The lowest BCUT2D eigenvalue weighted by molar-refractivity contribution is 0.0522. The number of aromatic nitrogens is 1. The van der Waals surface area contributed by atoms with Gasteiger partial charge in [0.25, 0.3) is 0 Å². The lowest BCUT2D eigenvalue weighted by Crippen LogP contribution is -2.09. The molecule has 0 saturated heterocycles. The van der Waals surface area contributed by atoms with Crippen LogP contribution < -0.4 is 0 Å². The van der Waals surface area contributed by atoms with Gasteiger partial charge in [0, 0.05) is 11.5 Å². The van der Waals surface area contributed by atoms with Crippen molar-refractivity contribution in [3.63, 3.8) is 0 Å². The first-order valence-corrected chi connectivity index (χ1v) is 5.61. The summed E-state index contributed by atoms with van der Waals surface area (Å²) in [6.45, 7) is 3.23. The summed E-state index contributed by atoms with van der Waals surface area (Å²) in [5.41, 5.74) is 0.122. The molecule has 4 nitrogen and oxygen atoms in total. The van der Waals surface area contributed by atoms with Crippen LogP contribution in [0.15, 0.2) is 12.1 Å². The molecule has 19 heavy (non-hydrogen) atoms. The number of fused-ring (bicyclic) bond motifs is 1. The molecule has 100 valence electrons. The Labute approximate surface area is 107 Å². The molecular formula is C13H11F2NO3. The highest BCUT2D eigenvalue weighted by molar-refractivity contribution is 6.00. The number of esters is 1. The summed E-state index contributed by atoms with van der Waals surface area (Å²) >= 11 is 0. The van der Waals surface area contributed by atoms with E-state index in [9.17, 15) is 18.7 Å². The molecule has 6 heteroatoms. The Morgan fingerprint density at radius 3 is 2.63 bits per heavy atom. The van der Waals surface area contributed by atoms with E-state index in [4.69, 9.17) is 4.74 Å². The molecule has 0 fully saturated rings. The Morgan fingerprint density at radius 2 is 2.00 bits per heavy atom. The average Bonchev–Trinajstić information content (AvgIpc) is 2.32.